The van der Waals surface area contributed by atoms with Gasteiger partial charge in [-0.1, -0.05) is 44.2 Å². The first kappa shape index (κ1) is 22.3. The van der Waals surface area contributed by atoms with E-state index >= 15 is 0 Å². The Labute approximate surface area is 162 Å². The van der Waals surface area contributed by atoms with Gasteiger partial charge in [0.15, 0.2) is 0 Å². The smallest absolute Gasteiger partial charge is 0.317 e. The molecular weight excluding hydrogens is 352 g/mol. The molecule has 26 heavy (non-hydrogen) atoms. The number of benzene rings is 1. The molecule has 146 valence electrons. The predicted octanol–water partition coefficient (Wildman–Crippen LogP) is 2.30. The number of rotatable bonds is 6. The first-order chi connectivity index (χ1) is 12.0. The van der Waals surface area contributed by atoms with Gasteiger partial charge in [0, 0.05) is 32.2 Å². The number of carbonyl (C=O) groups excluding carboxylic acids is 2. The molecule has 0 saturated carbocycles. The number of likely N-dealkylation sites (tertiary alicyclic amines) is 1. The number of amides is 3. The minimum absolute atomic E-state index is 0. The van der Waals surface area contributed by atoms with Crippen LogP contribution < -0.4 is 16.4 Å². The van der Waals surface area contributed by atoms with Crippen LogP contribution in [0.25, 0.3) is 0 Å². The molecule has 1 aliphatic heterocycles. The number of hydrogen-bond donors (Lipinski definition) is 3. The van der Waals surface area contributed by atoms with E-state index in [4.69, 9.17) is 5.73 Å². The number of urea groups is 1. The highest BCUT2D eigenvalue weighted by atomic mass is 35.5. The summed E-state index contributed by atoms with van der Waals surface area (Å²) in [5.41, 5.74) is 7.13. The molecule has 1 aromatic rings. The third-order valence-corrected chi connectivity index (χ3v) is 4.46. The summed E-state index contributed by atoms with van der Waals surface area (Å²) in [6.07, 6.45) is 1.65. The molecule has 4 N–H and O–H groups in total. The van der Waals surface area contributed by atoms with E-state index in [-0.39, 0.29) is 36.3 Å². The van der Waals surface area contributed by atoms with E-state index in [1.54, 1.807) is 4.90 Å². The van der Waals surface area contributed by atoms with E-state index in [2.05, 4.69) is 24.5 Å². The van der Waals surface area contributed by atoms with Crippen LogP contribution in [0.2, 0.25) is 0 Å². The summed E-state index contributed by atoms with van der Waals surface area (Å²) in [6.45, 7) is 6.34. The van der Waals surface area contributed by atoms with Crippen molar-refractivity contribution in [2.75, 3.05) is 26.2 Å². The molecule has 1 aliphatic rings. The normalized spacial score (nSPS) is 18.0. The maximum absolute atomic E-state index is 12.4. The topological polar surface area (TPSA) is 87.5 Å². The minimum Gasteiger partial charge on any atom is -0.354 e. The second-order valence-electron chi connectivity index (χ2n) is 7.13. The van der Waals surface area contributed by atoms with Gasteiger partial charge in [0.2, 0.25) is 5.91 Å². The van der Waals surface area contributed by atoms with Crippen molar-refractivity contribution in [2.24, 2.45) is 17.6 Å². The van der Waals surface area contributed by atoms with Gasteiger partial charge in [-0.15, -0.1) is 12.4 Å². The molecule has 7 heteroatoms. The molecular formula is C19H31ClN4O2. The molecule has 1 heterocycles. The Balaban J connectivity index is 0.00000338. The quantitative estimate of drug-likeness (QED) is 0.705. The zero-order valence-corrected chi connectivity index (χ0v) is 16.4. The largest absolute Gasteiger partial charge is 0.354 e. The Hall–Kier alpha value is -1.79. The number of halogens is 1. The van der Waals surface area contributed by atoms with E-state index in [9.17, 15) is 9.59 Å². The zero-order chi connectivity index (χ0) is 18.2. The van der Waals surface area contributed by atoms with Gasteiger partial charge in [-0.25, -0.2) is 4.79 Å². The highest BCUT2D eigenvalue weighted by Gasteiger charge is 2.28. The van der Waals surface area contributed by atoms with Gasteiger partial charge in [-0.05, 0) is 24.3 Å². The van der Waals surface area contributed by atoms with Crippen molar-refractivity contribution in [3.63, 3.8) is 0 Å². The van der Waals surface area contributed by atoms with E-state index < -0.39 is 0 Å². The fraction of sp³-hybridized carbons (Fsp3) is 0.579. The van der Waals surface area contributed by atoms with Crippen molar-refractivity contribution in [3.8, 4) is 0 Å². The average molecular weight is 383 g/mol. The lowest BCUT2D eigenvalue weighted by atomic mass is 9.97. The Morgan fingerprint density at radius 2 is 1.88 bits per heavy atom. The molecule has 2 unspecified atom stereocenters. The molecule has 2 atom stereocenters. The van der Waals surface area contributed by atoms with Crippen LogP contribution in [0.4, 0.5) is 4.79 Å². The van der Waals surface area contributed by atoms with Gasteiger partial charge >= 0.3 is 6.03 Å². The van der Waals surface area contributed by atoms with Crippen LogP contribution in [0.3, 0.4) is 0 Å². The van der Waals surface area contributed by atoms with Gasteiger partial charge in [0.1, 0.15) is 0 Å². The van der Waals surface area contributed by atoms with Crippen LogP contribution in [0, 0.1) is 11.8 Å². The Morgan fingerprint density at radius 3 is 2.54 bits per heavy atom. The standard InChI is InChI=1S/C19H30N4O2.ClH/c1-14(2)11-22-19(25)23-10-6-9-16(13-23)18(24)21-12-17(20)15-7-4-3-5-8-15;/h3-5,7-8,14,16-17H,6,9-13,20H2,1-2H3,(H,21,24)(H,22,25);1H. The molecule has 0 aliphatic carbocycles. The number of nitrogens with two attached hydrogens (primary N) is 1. The van der Waals surface area contributed by atoms with Crippen LogP contribution in [0.1, 0.15) is 38.3 Å². The summed E-state index contributed by atoms with van der Waals surface area (Å²) in [7, 11) is 0. The van der Waals surface area contributed by atoms with Crippen LogP contribution >= 0.6 is 12.4 Å². The summed E-state index contributed by atoms with van der Waals surface area (Å²) in [5.74, 6) is 0.224. The predicted molar refractivity (Wildman–Crippen MR) is 106 cm³/mol. The lowest BCUT2D eigenvalue weighted by Crippen LogP contribution is -2.49. The summed E-state index contributed by atoms with van der Waals surface area (Å²) in [5, 5.41) is 5.86. The van der Waals surface area contributed by atoms with Gasteiger partial charge in [0.25, 0.3) is 0 Å². The molecule has 1 saturated heterocycles. The van der Waals surface area contributed by atoms with Crippen molar-refractivity contribution in [3.05, 3.63) is 35.9 Å². The Kier molecular flexibility index (Phi) is 9.44. The number of piperidine rings is 1. The molecule has 0 bridgehead atoms. The SMILES string of the molecule is CC(C)CNC(=O)N1CCCC(C(=O)NCC(N)c2ccccc2)C1.Cl. The average Bonchev–Trinajstić information content (AvgIpc) is 2.64. The Bertz CT molecular complexity index is 568. The number of hydrogen-bond acceptors (Lipinski definition) is 3. The van der Waals surface area contributed by atoms with Crippen molar-refractivity contribution in [1.29, 1.82) is 0 Å². The number of nitrogens with zero attached hydrogens (tertiary/aromatic N) is 1. The molecule has 2 rings (SSSR count). The van der Waals surface area contributed by atoms with Crippen molar-refractivity contribution in [2.45, 2.75) is 32.7 Å². The van der Waals surface area contributed by atoms with Crippen molar-refractivity contribution >= 4 is 24.3 Å². The molecule has 0 radical (unpaired) electrons. The molecule has 3 amide bonds. The van der Waals surface area contributed by atoms with Gasteiger partial charge in [-0.3, -0.25) is 4.79 Å². The zero-order valence-electron chi connectivity index (χ0n) is 15.6. The second-order valence-corrected chi connectivity index (χ2v) is 7.13. The van der Waals surface area contributed by atoms with Crippen LogP contribution in [-0.2, 0) is 4.79 Å². The maximum Gasteiger partial charge on any atom is 0.317 e. The summed E-state index contributed by atoms with van der Waals surface area (Å²) in [6, 6.07) is 9.43. The molecule has 6 nitrogen and oxygen atoms in total. The first-order valence-corrected chi connectivity index (χ1v) is 9.08. The second kappa shape index (κ2) is 11.0. The monoisotopic (exact) mass is 382 g/mol. The third-order valence-electron chi connectivity index (χ3n) is 4.46. The number of carbonyl (C=O) groups is 2. The van der Waals surface area contributed by atoms with E-state index in [0.717, 1.165) is 18.4 Å². The lowest BCUT2D eigenvalue weighted by molar-refractivity contribution is -0.126. The van der Waals surface area contributed by atoms with E-state index in [0.29, 0.717) is 32.1 Å². The molecule has 0 aromatic heterocycles. The van der Waals surface area contributed by atoms with E-state index in [1.165, 1.54) is 0 Å². The molecule has 1 fully saturated rings. The summed E-state index contributed by atoms with van der Waals surface area (Å²) >= 11 is 0. The fourth-order valence-corrected chi connectivity index (χ4v) is 2.95. The highest BCUT2D eigenvalue weighted by Crippen LogP contribution is 2.17. The Morgan fingerprint density at radius 1 is 1.19 bits per heavy atom. The van der Waals surface area contributed by atoms with Crippen molar-refractivity contribution in [1.82, 2.24) is 15.5 Å². The van der Waals surface area contributed by atoms with E-state index in [1.807, 2.05) is 30.3 Å². The summed E-state index contributed by atoms with van der Waals surface area (Å²) < 4.78 is 0. The molecule has 1 aromatic carbocycles. The van der Waals surface area contributed by atoms with Crippen molar-refractivity contribution < 1.29 is 9.59 Å². The first-order valence-electron chi connectivity index (χ1n) is 9.08. The maximum atomic E-state index is 12.4. The molecule has 0 spiro atoms. The van der Waals surface area contributed by atoms with Gasteiger partial charge in [0.05, 0.1) is 5.92 Å². The van der Waals surface area contributed by atoms with Crippen LogP contribution in [0.15, 0.2) is 30.3 Å². The fourth-order valence-electron chi connectivity index (χ4n) is 2.95. The number of nitrogens with one attached hydrogen (secondary N) is 2. The van der Waals surface area contributed by atoms with Gasteiger partial charge < -0.3 is 21.3 Å². The van der Waals surface area contributed by atoms with Gasteiger partial charge in [-0.2, -0.15) is 0 Å². The third kappa shape index (κ3) is 6.84. The highest BCUT2D eigenvalue weighted by molar-refractivity contribution is 5.85. The van der Waals surface area contributed by atoms with Crippen LogP contribution in [0.5, 0.6) is 0 Å². The minimum atomic E-state index is -0.223. The lowest BCUT2D eigenvalue weighted by Gasteiger charge is -2.32. The summed E-state index contributed by atoms with van der Waals surface area (Å²) in [4.78, 5) is 26.4. The van der Waals surface area contributed by atoms with Crippen LogP contribution in [-0.4, -0.2) is 43.0 Å².